The molecule has 1 rings (SSSR count). The highest BCUT2D eigenvalue weighted by atomic mass is 14.5. The first-order chi connectivity index (χ1) is 4.74. The molecule has 0 radical (unpaired) electrons. The molecule has 1 aromatic carbocycles. The third-order valence-electron chi connectivity index (χ3n) is 1.68. The zero-order valence-corrected chi connectivity index (χ0v) is 6.52. The number of anilines is 1. The molecule has 1 nitrogen and oxygen atoms in total. The highest BCUT2D eigenvalue weighted by molar-refractivity contribution is 6.54. The van der Waals surface area contributed by atoms with E-state index >= 15 is 0 Å². The summed E-state index contributed by atoms with van der Waals surface area (Å²) in [7, 11) is 1.02. The van der Waals surface area contributed by atoms with Crippen molar-refractivity contribution in [2.45, 2.75) is 13.7 Å². The second-order valence-corrected chi connectivity index (χ2v) is 2.56. The van der Waals surface area contributed by atoms with Crippen LogP contribution in [0, 0.1) is 6.92 Å². The van der Waals surface area contributed by atoms with Gasteiger partial charge in [-0.2, -0.15) is 0 Å². The molecule has 0 heterocycles. The average Bonchev–Trinajstić information content (AvgIpc) is 1.94. The van der Waals surface area contributed by atoms with Crippen LogP contribution < -0.4 is 11.2 Å². The second kappa shape index (κ2) is 2.78. The Kier molecular flexibility index (Phi) is 2.00. The minimum atomic E-state index is 0.910. The molecule has 0 spiro atoms. The Bertz CT molecular complexity index is 233. The van der Waals surface area contributed by atoms with Gasteiger partial charge in [0.15, 0.2) is 7.28 Å². The van der Waals surface area contributed by atoms with E-state index in [1.807, 2.05) is 12.1 Å². The molecule has 0 saturated heterocycles. The van der Waals surface area contributed by atoms with Crippen LogP contribution in [0.25, 0.3) is 0 Å². The summed E-state index contributed by atoms with van der Waals surface area (Å²) in [6.45, 7) is 4.20. The Hall–Kier alpha value is -0.915. The van der Waals surface area contributed by atoms with Crippen LogP contribution in [0.15, 0.2) is 18.2 Å². The van der Waals surface area contributed by atoms with Gasteiger partial charge in [0.25, 0.3) is 0 Å². The molecule has 10 heavy (non-hydrogen) atoms. The predicted molar refractivity (Wildman–Crippen MR) is 48.2 cm³/mol. The van der Waals surface area contributed by atoms with Crippen LogP contribution in [0.4, 0.5) is 5.69 Å². The van der Waals surface area contributed by atoms with Crippen molar-refractivity contribution < 1.29 is 0 Å². The minimum Gasteiger partial charge on any atom is -0.399 e. The van der Waals surface area contributed by atoms with Crippen molar-refractivity contribution in [3.05, 3.63) is 23.8 Å². The van der Waals surface area contributed by atoms with Crippen LogP contribution in [0.3, 0.4) is 0 Å². The summed E-state index contributed by atoms with van der Waals surface area (Å²) in [6.07, 6.45) is 0. The number of rotatable bonds is 1. The summed E-state index contributed by atoms with van der Waals surface area (Å²) in [4.78, 5) is 0. The van der Waals surface area contributed by atoms with Crippen LogP contribution >= 0.6 is 0 Å². The minimum absolute atomic E-state index is 0.910. The summed E-state index contributed by atoms with van der Waals surface area (Å²) < 4.78 is 0. The number of benzene rings is 1. The van der Waals surface area contributed by atoms with Crippen LogP contribution in [0.5, 0.6) is 0 Å². The Morgan fingerprint density at radius 2 is 2.10 bits per heavy atom. The molecule has 52 valence electrons. The second-order valence-electron chi connectivity index (χ2n) is 2.56. The normalized spacial score (nSPS) is 9.40. The molecule has 0 aliphatic carbocycles. The lowest BCUT2D eigenvalue weighted by molar-refractivity contribution is 1.49. The number of hydrogen-bond acceptors (Lipinski definition) is 1. The van der Waals surface area contributed by atoms with Crippen molar-refractivity contribution in [1.29, 1.82) is 0 Å². The van der Waals surface area contributed by atoms with Crippen molar-refractivity contribution in [2.24, 2.45) is 0 Å². The first-order valence-electron chi connectivity index (χ1n) is 3.59. The Morgan fingerprint density at radius 1 is 1.40 bits per heavy atom. The Labute approximate surface area is 62.5 Å². The van der Waals surface area contributed by atoms with Gasteiger partial charge >= 0.3 is 0 Å². The third-order valence-corrected chi connectivity index (χ3v) is 1.68. The van der Waals surface area contributed by atoms with E-state index in [4.69, 9.17) is 5.73 Å². The van der Waals surface area contributed by atoms with Crippen LogP contribution in [-0.4, -0.2) is 7.28 Å². The fourth-order valence-electron chi connectivity index (χ4n) is 1.04. The first-order valence-corrected chi connectivity index (χ1v) is 3.59. The summed E-state index contributed by atoms with van der Waals surface area (Å²) in [6, 6.07) is 6.14. The molecule has 0 amide bonds. The zero-order valence-electron chi connectivity index (χ0n) is 6.52. The van der Waals surface area contributed by atoms with Gasteiger partial charge in [0.2, 0.25) is 0 Å². The molecule has 0 fully saturated rings. The van der Waals surface area contributed by atoms with Gasteiger partial charge in [0.05, 0.1) is 0 Å². The van der Waals surface area contributed by atoms with Gasteiger partial charge in [-0.05, 0) is 13.0 Å². The maximum atomic E-state index is 5.70. The Morgan fingerprint density at radius 3 is 2.60 bits per heavy atom. The molecule has 1 aromatic rings. The van der Waals surface area contributed by atoms with Crippen molar-refractivity contribution in [2.75, 3.05) is 5.73 Å². The predicted octanol–water partition coefficient (Wildman–Crippen LogP) is 0.687. The lowest BCUT2D eigenvalue weighted by atomic mass is 9.72. The number of nitrogens with two attached hydrogens (primary N) is 1. The lowest BCUT2D eigenvalue weighted by Crippen LogP contribution is -2.15. The van der Waals surface area contributed by atoms with Gasteiger partial charge in [-0.25, -0.2) is 0 Å². The molecule has 0 aromatic heterocycles. The monoisotopic (exact) mass is 133 g/mol. The summed E-state index contributed by atoms with van der Waals surface area (Å²) in [5, 5.41) is 0. The summed E-state index contributed by atoms with van der Waals surface area (Å²) in [5.74, 6) is 0. The number of hydrogen-bond donors (Lipinski definition) is 1. The molecule has 0 aliphatic rings. The van der Waals surface area contributed by atoms with Gasteiger partial charge in [-0.3, -0.25) is 0 Å². The van der Waals surface area contributed by atoms with Crippen molar-refractivity contribution in [3.8, 4) is 0 Å². The fraction of sp³-hybridized carbons (Fsp3) is 0.250. The van der Waals surface area contributed by atoms with Crippen molar-refractivity contribution in [1.82, 2.24) is 0 Å². The van der Waals surface area contributed by atoms with Crippen LogP contribution in [0.2, 0.25) is 6.82 Å². The van der Waals surface area contributed by atoms with E-state index in [1.165, 1.54) is 11.0 Å². The quantitative estimate of drug-likeness (QED) is 0.442. The van der Waals surface area contributed by atoms with E-state index in [0.717, 1.165) is 13.0 Å². The molecule has 0 bridgehead atoms. The third kappa shape index (κ3) is 1.32. The molecule has 0 atom stereocenters. The molecule has 2 heteroatoms. The maximum Gasteiger partial charge on any atom is 0.157 e. The van der Waals surface area contributed by atoms with Crippen molar-refractivity contribution in [3.63, 3.8) is 0 Å². The van der Waals surface area contributed by atoms with Gasteiger partial charge in [-0.1, -0.05) is 30.0 Å². The molecule has 2 N–H and O–H groups in total. The molecule has 0 saturated carbocycles. The molecule has 0 unspecified atom stereocenters. The van der Waals surface area contributed by atoms with Crippen LogP contribution in [-0.2, 0) is 0 Å². The van der Waals surface area contributed by atoms with E-state index in [-0.39, 0.29) is 0 Å². The van der Waals surface area contributed by atoms with Crippen molar-refractivity contribution >= 4 is 18.4 Å². The molecule has 0 aliphatic heterocycles. The highest BCUT2D eigenvalue weighted by Crippen LogP contribution is 2.00. The average molecular weight is 133 g/mol. The highest BCUT2D eigenvalue weighted by Gasteiger charge is 1.95. The standard InChI is InChI=1S/C8H12BN/c1-6-3-4-8(10)7(5-6)9-2/h3-5,9H,10H2,1-2H3. The van der Waals surface area contributed by atoms with E-state index < -0.39 is 0 Å². The van der Waals surface area contributed by atoms with E-state index in [2.05, 4.69) is 19.8 Å². The van der Waals surface area contributed by atoms with Gasteiger partial charge in [0.1, 0.15) is 0 Å². The number of aryl methyl sites for hydroxylation is 1. The SMILES string of the molecule is CBc1cc(C)ccc1N. The van der Waals surface area contributed by atoms with E-state index in [9.17, 15) is 0 Å². The van der Waals surface area contributed by atoms with Gasteiger partial charge in [0, 0.05) is 5.69 Å². The smallest absolute Gasteiger partial charge is 0.157 e. The van der Waals surface area contributed by atoms with Gasteiger partial charge in [-0.15, -0.1) is 0 Å². The largest absolute Gasteiger partial charge is 0.399 e. The van der Waals surface area contributed by atoms with E-state index in [1.54, 1.807) is 0 Å². The van der Waals surface area contributed by atoms with E-state index in [0.29, 0.717) is 0 Å². The molecular formula is C8H12BN. The molecular weight excluding hydrogens is 121 g/mol. The maximum absolute atomic E-state index is 5.70. The first kappa shape index (κ1) is 7.20. The van der Waals surface area contributed by atoms with Gasteiger partial charge < -0.3 is 5.73 Å². The van der Waals surface area contributed by atoms with Crippen LogP contribution in [0.1, 0.15) is 5.56 Å². The fourth-order valence-corrected chi connectivity index (χ4v) is 1.04. The number of nitrogen functional groups attached to an aromatic ring is 1. The topological polar surface area (TPSA) is 26.0 Å². The zero-order chi connectivity index (χ0) is 7.56. The summed E-state index contributed by atoms with van der Waals surface area (Å²) in [5.41, 5.74) is 9.14. The Balaban J connectivity index is 3.09. The summed E-state index contributed by atoms with van der Waals surface area (Å²) >= 11 is 0. The lowest BCUT2D eigenvalue weighted by Gasteiger charge is -2.01.